The van der Waals surface area contributed by atoms with Crippen molar-refractivity contribution in [2.75, 3.05) is 6.61 Å². The highest BCUT2D eigenvalue weighted by atomic mass is 16.2. The fourth-order valence-electron chi connectivity index (χ4n) is 1.71. The summed E-state index contributed by atoms with van der Waals surface area (Å²) in [4.78, 5) is 0. The minimum absolute atomic E-state index is 0.355. The Hall–Kier alpha value is -0.300. The van der Waals surface area contributed by atoms with Crippen molar-refractivity contribution in [1.82, 2.24) is 0 Å². The van der Waals surface area contributed by atoms with Crippen LogP contribution in [0, 0.1) is 5.92 Å². The van der Waals surface area contributed by atoms with Crippen molar-refractivity contribution in [2.24, 2.45) is 5.92 Å². The van der Waals surface area contributed by atoms with Crippen molar-refractivity contribution in [1.29, 1.82) is 0 Å². The van der Waals surface area contributed by atoms with E-state index in [0.717, 1.165) is 18.8 Å². The minimum atomic E-state index is 0.355. The second kappa shape index (κ2) is 10.8. The Bertz CT molecular complexity index is 120. The summed E-state index contributed by atoms with van der Waals surface area (Å²) in [6.45, 7) is 6.42. The van der Waals surface area contributed by atoms with E-state index in [4.69, 9.17) is 5.11 Å². The van der Waals surface area contributed by atoms with Gasteiger partial charge in [-0.05, 0) is 25.2 Å². The first-order chi connectivity index (χ1) is 6.81. The zero-order chi connectivity index (χ0) is 10.6. The van der Waals surface area contributed by atoms with Crippen LogP contribution in [-0.2, 0) is 0 Å². The molecular weight excluding hydrogens is 172 g/mol. The van der Waals surface area contributed by atoms with Crippen LogP contribution in [0.3, 0.4) is 0 Å². The molecule has 1 N–H and O–H groups in total. The first-order valence-electron chi connectivity index (χ1n) is 6.03. The lowest BCUT2D eigenvalue weighted by atomic mass is 9.97. The monoisotopic (exact) mass is 198 g/mol. The molecule has 0 aromatic carbocycles. The average Bonchev–Trinajstić information content (AvgIpc) is 2.19. The van der Waals surface area contributed by atoms with Crippen molar-refractivity contribution < 1.29 is 5.11 Å². The smallest absolute Gasteiger partial charge is 0.0431 e. The number of hydrogen-bond acceptors (Lipinski definition) is 1. The van der Waals surface area contributed by atoms with Gasteiger partial charge in [-0.2, -0.15) is 0 Å². The SMILES string of the molecule is C=CCCCCC(C)CCCCCO. The predicted molar refractivity (Wildman–Crippen MR) is 63.4 cm³/mol. The van der Waals surface area contributed by atoms with Crippen LogP contribution in [0.5, 0.6) is 0 Å². The van der Waals surface area contributed by atoms with Crippen LogP contribution < -0.4 is 0 Å². The Morgan fingerprint density at radius 2 is 1.71 bits per heavy atom. The zero-order valence-electron chi connectivity index (χ0n) is 9.67. The molecule has 1 atom stereocenters. The number of hydrogen-bond donors (Lipinski definition) is 1. The van der Waals surface area contributed by atoms with E-state index in [1.54, 1.807) is 0 Å². The summed E-state index contributed by atoms with van der Waals surface area (Å²) in [6.07, 6.45) is 11.9. The molecule has 0 aromatic rings. The summed E-state index contributed by atoms with van der Waals surface area (Å²) in [5.74, 6) is 0.860. The zero-order valence-corrected chi connectivity index (χ0v) is 9.67. The summed E-state index contributed by atoms with van der Waals surface area (Å²) in [5, 5.41) is 8.62. The van der Waals surface area contributed by atoms with E-state index in [1.165, 1.54) is 38.5 Å². The van der Waals surface area contributed by atoms with Crippen LogP contribution in [0.4, 0.5) is 0 Å². The van der Waals surface area contributed by atoms with Gasteiger partial charge in [0, 0.05) is 6.61 Å². The molecule has 0 aromatic heterocycles. The molecule has 84 valence electrons. The van der Waals surface area contributed by atoms with Gasteiger partial charge in [0.15, 0.2) is 0 Å². The van der Waals surface area contributed by atoms with Crippen LogP contribution in [0.15, 0.2) is 12.7 Å². The quantitative estimate of drug-likeness (QED) is 0.416. The number of aliphatic hydroxyl groups is 1. The average molecular weight is 198 g/mol. The standard InChI is InChI=1S/C13H26O/c1-3-4-5-7-10-13(2)11-8-6-9-12-14/h3,13-14H,1,4-12H2,2H3. The van der Waals surface area contributed by atoms with E-state index >= 15 is 0 Å². The second-order valence-electron chi connectivity index (χ2n) is 4.25. The molecule has 0 aliphatic carbocycles. The Kier molecular flexibility index (Phi) is 10.5. The van der Waals surface area contributed by atoms with Gasteiger partial charge < -0.3 is 5.11 Å². The van der Waals surface area contributed by atoms with E-state index in [9.17, 15) is 0 Å². The molecule has 0 rings (SSSR count). The molecule has 0 amide bonds. The highest BCUT2D eigenvalue weighted by Crippen LogP contribution is 2.16. The Balaban J connectivity index is 3.10. The van der Waals surface area contributed by atoms with Crippen molar-refractivity contribution in [3.8, 4) is 0 Å². The van der Waals surface area contributed by atoms with Crippen molar-refractivity contribution in [2.45, 2.75) is 58.3 Å². The Labute approximate surface area is 89.2 Å². The molecular formula is C13H26O. The highest BCUT2D eigenvalue weighted by molar-refractivity contribution is 4.66. The van der Waals surface area contributed by atoms with Gasteiger partial charge in [-0.3, -0.25) is 0 Å². The first kappa shape index (κ1) is 13.7. The highest BCUT2D eigenvalue weighted by Gasteiger charge is 2.00. The van der Waals surface area contributed by atoms with Crippen molar-refractivity contribution in [3.63, 3.8) is 0 Å². The van der Waals surface area contributed by atoms with Crippen LogP contribution in [0.2, 0.25) is 0 Å². The number of unbranched alkanes of at least 4 members (excludes halogenated alkanes) is 4. The number of rotatable bonds is 10. The largest absolute Gasteiger partial charge is 0.396 e. The minimum Gasteiger partial charge on any atom is -0.396 e. The lowest BCUT2D eigenvalue weighted by molar-refractivity contribution is 0.280. The van der Waals surface area contributed by atoms with E-state index in [2.05, 4.69) is 13.5 Å². The van der Waals surface area contributed by atoms with Gasteiger partial charge >= 0.3 is 0 Å². The normalized spacial score (nSPS) is 12.7. The molecule has 0 radical (unpaired) electrons. The predicted octanol–water partition coefficient (Wildman–Crippen LogP) is 3.92. The molecule has 14 heavy (non-hydrogen) atoms. The van der Waals surface area contributed by atoms with Gasteiger partial charge in [-0.1, -0.05) is 45.1 Å². The third kappa shape index (κ3) is 9.79. The van der Waals surface area contributed by atoms with Crippen LogP contribution in [0.25, 0.3) is 0 Å². The summed E-state index contributed by atoms with van der Waals surface area (Å²) in [7, 11) is 0. The molecule has 0 aliphatic rings. The van der Waals surface area contributed by atoms with E-state index in [1.807, 2.05) is 6.08 Å². The number of allylic oxidation sites excluding steroid dienone is 1. The number of aliphatic hydroxyl groups excluding tert-OH is 1. The lowest BCUT2D eigenvalue weighted by Crippen LogP contribution is -1.95. The Morgan fingerprint density at radius 3 is 2.29 bits per heavy atom. The van der Waals surface area contributed by atoms with E-state index < -0.39 is 0 Å². The van der Waals surface area contributed by atoms with Gasteiger partial charge in [-0.25, -0.2) is 0 Å². The van der Waals surface area contributed by atoms with E-state index in [-0.39, 0.29) is 0 Å². The van der Waals surface area contributed by atoms with Crippen LogP contribution in [-0.4, -0.2) is 11.7 Å². The molecule has 1 heteroatoms. The van der Waals surface area contributed by atoms with Gasteiger partial charge in [0.2, 0.25) is 0 Å². The first-order valence-corrected chi connectivity index (χ1v) is 6.03. The second-order valence-corrected chi connectivity index (χ2v) is 4.25. The molecule has 0 spiro atoms. The maximum atomic E-state index is 8.62. The van der Waals surface area contributed by atoms with Crippen molar-refractivity contribution in [3.05, 3.63) is 12.7 Å². The summed E-state index contributed by atoms with van der Waals surface area (Å²) in [6, 6.07) is 0. The van der Waals surface area contributed by atoms with Gasteiger partial charge in [0.05, 0.1) is 0 Å². The fraction of sp³-hybridized carbons (Fsp3) is 0.846. The molecule has 0 bridgehead atoms. The molecule has 0 fully saturated rings. The molecule has 0 saturated heterocycles. The maximum Gasteiger partial charge on any atom is 0.0431 e. The van der Waals surface area contributed by atoms with Crippen molar-refractivity contribution >= 4 is 0 Å². The topological polar surface area (TPSA) is 20.2 Å². The lowest BCUT2D eigenvalue weighted by Gasteiger charge is -2.10. The summed E-state index contributed by atoms with van der Waals surface area (Å²) in [5.41, 5.74) is 0. The van der Waals surface area contributed by atoms with Gasteiger partial charge in [0.1, 0.15) is 0 Å². The Morgan fingerprint density at radius 1 is 1.07 bits per heavy atom. The maximum absolute atomic E-state index is 8.62. The third-order valence-corrected chi connectivity index (χ3v) is 2.71. The molecule has 0 heterocycles. The van der Waals surface area contributed by atoms with Gasteiger partial charge in [-0.15, -0.1) is 6.58 Å². The molecule has 1 unspecified atom stereocenters. The summed E-state index contributed by atoms with van der Waals surface area (Å²) < 4.78 is 0. The molecule has 1 nitrogen and oxygen atoms in total. The fourth-order valence-corrected chi connectivity index (χ4v) is 1.71. The molecule has 0 aliphatic heterocycles. The summed E-state index contributed by atoms with van der Waals surface area (Å²) >= 11 is 0. The van der Waals surface area contributed by atoms with Gasteiger partial charge in [0.25, 0.3) is 0 Å². The van der Waals surface area contributed by atoms with E-state index in [0.29, 0.717) is 6.61 Å². The third-order valence-electron chi connectivity index (χ3n) is 2.71. The van der Waals surface area contributed by atoms with Crippen LogP contribution >= 0.6 is 0 Å². The molecule has 0 saturated carbocycles. The van der Waals surface area contributed by atoms with Crippen LogP contribution in [0.1, 0.15) is 58.3 Å².